The number of nitrogens with zero attached hydrogens (tertiary/aromatic N) is 1. The van der Waals surface area contributed by atoms with Crippen LogP contribution >= 0.6 is 11.8 Å². The standard InChI is InChI=1S/C10H16N2O3S.Na/c1-4-10(5-16-6(2)3)7(13)11-9(15)12-8(10)14;/h6H,4-5H2,1-3H3,(H2,11,12,13,14,15);/q;+1/p-1. The van der Waals surface area contributed by atoms with E-state index in [2.05, 4.69) is 10.3 Å². The van der Waals surface area contributed by atoms with Crippen molar-refractivity contribution in [1.82, 2.24) is 5.32 Å². The number of urea groups is 1. The van der Waals surface area contributed by atoms with Crippen molar-refractivity contribution in [1.29, 1.82) is 0 Å². The minimum absolute atomic E-state index is 0. The number of hydrogen-bond acceptors (Lipinski definition) is 4. The molecule has 3 amide bonds. The number of thioether (sulfide) groups is 1. The Hall–Kier alpha value is -0.0400. The Balaban J connectivity index is 0.00000256. The summed E-state index contributed by atoms with van der Waals surface area (Å²) in [5.74, 6) is -0.771. The van der Waals surface area contributed by atoms with Crippen molar-refractivity contribution < 1.29 is 44.3 Å². The summed E-state index contributed by atoms with van der Waals surface area (Å²) in [6.45, 7) is 5.73. The molecule has 17 heavy (non-hydrogen) atoms. The van der Waals surface area contributed by atoms with E-state index in [-0.39, 0.29) is 29.6 Å². The monoisotopic (exact) mass is 266 g/mol. The van der Waals surface area contributed by atoms with Crippen LogP contribution in [0.15, 0.2) is 4.99 Å². The van der Waals surface area contributed by atoms with Crippen LogP contribution in [-0.2, 0) is 4.79 Å². The molecule has 90 valence electrons. The number of imide groups is 1. The number of rotatable bonds is 4. The number of aliphatic imine (C=N–C) groups is 1. The first kappa shape index (κ1) is 17.0. The fourth-order valence-corrected chi connectivity index (χ4v) is 2.47. The van der Waals surface area contributed by atoms with Gasteiger partial charge in [0.15, 0.2) is 0 Å². The van der Waals surface area contributed by atoms with Gasteiger partial charge < -0.3 is 5.11 Å². The Labute approximate surface area is 127 Å². The molecule has 1 aliphatic rings. The first-order valence-corrected chi connectivity index (χ1v) is 6.20. The third-order valence-corrected chi connectivity index (χ3v) is 3.86. The summed E-state index contributed by atoms with van der Waals surface area (Å²) in [6.07, 6.45) is 0.355. The molecular formula is C10H15N2NaO3S. The van der Waals surface area contributed by atoms with Gasteiger partial charge in [-0.1, -0.05) is 20.8 Å². The largest absolute Gasteiger partial charge is 1.00 e. The molecule has 0 aromatic heterocycles. The Morgan fingerprint density at radius 1 is 1.47 bits per heavy atom. The molecule has 0 radical (unpaired) electrons. The second kappa shape index (κ2) is 6.78. The van der Waals surface area contributed by atoms with Gasteiger partial charge in [-0.2, -0.15) is 11.8 Å². The number of carbonyl (C=O) groups is 2. The van der Waals surface area contributed by atoms with Crippen molar-refractivity contribution in [2.24, 2.45) is 10.4 Å². The normalized spacial score (nSPS) is 24.1. The zero-order valence-electron chi connectivity index (χ0n) is 10.6. The first-order valence-electron chi connectivity index (χ1n) is 5.15. The molecule has 0 aliphatic carbocycles. The molecule has 5 nitrogen and oxygen atoms in total. The van der Waals surface area contributed by atoms with E-state index in [0.717, 1.165) is 0 Å². The first-order chi connectivity index (χ1) is 7.42. The van der Waals surface area contributed by atoms with Gasteiger partial charge in [-0.05, 0) is 17.6 Å². The van der Waals surface area contributed by atoms with Crippen LogP contribution in [0.2, 0.25) is 0 Å². The van der Waals surface area contributed by atoms with E-state index in [1.165, 1.54) is 11.8 Å². The van der Waals surface area contributed by atoms with E-state index >= 15 is 0 Å². The van der Waals surface area contributed by atoms with Crippen molar-refractivity contribution in [2.45, 2.75) is 32.4 Å². The third kappa shape index (κ3) is 3.71. The molecule has 0 saturated carbocycles. The minimum atomic E-state index is -1.16. The van der Waals surface area contributed by atoms with E-state index in [0.29, 0.717) is 17.4 Å². The molecule has 0 aromatic carbocycles. The fourth-order valence-electron chi connectivity index (χ4n) is 1.39. The number of carbonyl (C=O) groups excluding carboxylic acids is 2. The molecule has 1 atom stereocenters. The predicted octanol–water partition coefficient (Wildman–Crippen LogP) is -2.46. The van der Waals surface area contributed by atoms with E-state index in [1.54, 1.807) is 6.92 Å². The van der Waals surface area contributed by atoms with Crippen LogP contribution < -0.4 is 40.0 Å². The second-order valence-corrected chi connectivity index (χ2v) is 5.54. The average Bonchev–Trinajstić information content (AvgIpc) is 2.17. The molecule has 0 spiro atoms. The van der Waals surface area contributed by atoms with Gasteiger partial charge in [-0.3, -0.25) is 10.1 Å². The molecule has 1 aliphatic heterocycles. The van der Waals surface area contributed by atoms with E-state index < -0.39 is 23.3 Å². The smallest absolute Gasteiger partial charge is 0.861 e. The van der Waals surface area contributed by atoms with Crippen LogP contribution in [0.25, 0.3) is 0 Å². The Morgan fingerprint density at radius 2 is 2.06 bits per heavy atom. The fraction of sp³-hybridized carbons (Fsp3) is 0.700. The van der Waals surface area contributed by atoms with Gasteiger partial charge in [0.25, 0.3) is 0 Å². The van der Waals surface area contributed by atoms with Crippen molar-refractivity contribution in [3.8, 4) is 0 Å². The molecule has 1 N–H and O–H groups in total. The van der Waals surface area contributed by atoms with Crippen LogP contribution in [-0.4, -0.2) is 28.8 Å². The summed E-state index contributed by atoms with van der Waals surface area (Å²) in [6, 6.07) is -0.853. The van der Waals surface area contributed by atoms with E-state index in [9.17, 15) is 14.7 Å². The molecule has 0 fully saturated rings. The summed E-state index contributed by atoms with van der Waals surface area (Å²) < 4.78 is 0. The number of amides is 3. The van der Waals surface area contributed by atoms with Crippen LogP contribution in [0.5, 0.6) is 0 Å². The molecule has 0 saturated heterocycles. The van der Waals surface area contributed by atoms with Crippen molar-refractivity contribution in [3.63, 3.8) is 0 Å². The van der Waals surface area contributed by atoms with Gasteiger partial charge in [0.1, 0.15) is 0 Å². The molecular weight excluding hydrogens is 251 g/mol. The zero-order valence-corrected chi connectivity index (χ0v) is 13.4. The van der Waals surface area contributed by atoms with Crippen molar-refractivity contribution >= 4 is 29.6 Å². The maximum Gasteiger partial charge on any atom is 1.00 e. The molecule has 1 heterocycles. The van der Waals surface area contributed by atoms with Gasteiger partial charge >= 0.3 is 35.6 Å². The van der Waals surface area contributed by atoms with Gasteiger partial charge in [-0.25, -0.2) is 9.79 Å². The summed E-state index contributed by atoms with van der Waals surface area (Å²) >= 11 is 1.52. The quantitative estimate of drug-likeness (QED) is 0.572. The maximum atomic E-state index is 11.8. The molecule has 0 aromatic rings. The summed E-state index contributed by atoms with van der Waals surface area (Å²) in [5, 5.41) is 14.1. The van der Waals surface area contributed by atoms with Crippen molar-refractivity contribution in [2.75, 3.05) is 5.75 Å². The van der Waals surface area contributed by atoms with E-state index in [4.69, 9.17) is 0 Å². The van der Waals surface area contributed by atoms with Gasteiger partial charge in [0, 0.05) is 5.75 Å². The SMILES string of the molecule is CCC1(CSC(C)C)C(=O)NC(=O)N=C1[O-].[Na+]. The molecule has 1 unspecified atom stereocenters. The topological polar surface area (TPSA) is 81.6 Å². The Morgan fingerprint density at radius 3 is 2.47 bits per heavy atom. The Bertz CT molecular complexity index is 346. The van der Waals surface area contributed by atoms with Crippen molar-refractivity contribution in [3.05, 3.63) is 0 Å². The zero-order chi connectivity index (χ0) is 12.3. The van der Waals surface area contributed by atoms with Gasteiger partial charge in [0.05, 0.1) is 5.41 Å². The number of hydrogen-bond donors (Lipinski definition) is 1. The van der Waals surface area contributed by atoms with Crippen LogP contribution in [0, 0.1) is 5.41 Å². The second-order valence-electron chi connectivity index (χ2n) is 3.97. The minimum Gasteiger partial charge on any atom is -0.861 e. The molecule has 7 heteroatoms. The summed E-state index contributed by atoms with van der Waals surface area (Å²) in [7, 11) is 0. The summed E-state index contributed by atoms with van der Waals surface area (Å²) in [4.78, 5) is 26.0. The Kier molecular flexibility index (Phi) is 6.76. The third-order valence-electron chi connectivity index (χ3n) is 2.53. The van der Waals surface area contributed by atoms with Crippen LogP contribution in [0.4, 0.5) is 4.79 Å². The summed E-state index contributed by atoms with van der Waals surface area (Å²) in [5.41, 5.74) is -1.16. The molecule has 0 bridgehead atoms. The number of nitrogens with one attached hydrogen (secondary N) is 1. The maximum absolute atomic E-state index is 11.8. The van der Waals surface area contributed by atoms with Crippen LogP contribution in [0.1, 0.15) is 27.2 Å². The van der Waals surface area contributed by atoms with E-state index in [1.807, 2.05) is 13.8 Å². The average molecular weight is 266 g/mol. The van der Waals surface area contributed by atoms with Gasteiger partial charge in [0.2, 0.25) is 5.91 Å². The van der Waals surface area contributed by atoms with Gasteiger partial charge in [-0.15, -0.1) is 0 Å². The predicted molar refractivity (Wildman–Crippen MR) is 61.3 cm³/mol. The van der Waals surface area contributed by atoms with Crippen LogP contribution in [0.3, 0.4) is 0 Å². The molecule has 1 rings (SSSR count).